The Kier molecular flexibility index (Phi) is 5.32. The molecule has 2 aliphatic heterocycles. The summed E-state index contributed by atoms with van der Waals surface area (Å²) in [6, 6.07) is 0. The van der Waals surface area contributed by atoms with Crippen molar-refractivity contribution < 1.29 is 24.5 Å². The zero-order valence-electron chi connectivity index (χ0n) is 20.5. The number of ether oxygens (including phenoxy) is 2. The van der Waals surface area contributed by atoms with E-state index in [1.807, 2.05) is 0 Å². The minimum absolute atomic E-state index is 0.0309. The fourth-order valence-corrected chi connectivity index (χ4v) is 11.4. The second-order valence-electron chi connectivity index (χ2n) is 13.2. The van der Waals surface area contributed by atoms with Crippen LogP contribution >= 0.6 is 15.9 Å². The van der Waals surface area contributed by atoms with Gasteiger partial charge in [-0.3, -0.25) is 4.79 Å². The molecular weight excluding hydrogens is 484 g/mol. The van der Waals surface area contributed by atoms with E-state index in [0.717, 1.165) is 44.9 Å². The van der Waals surface area contributed by atoms with Crippen molar-refractivity contribution in [1.29, 1.82) is 0 Å². The van der Waals surface area contributed by atoms with Crippen molar-refractivity contribution in [1.82, 2.24) is 0 Å². The predicted molar refractivity (Wildman–Crippen MR) is 128 cm³/mol. The highest BCUT2D eigenvalue weighted by atomic mass is 79.9. The number of hydrogen-bond donors (Lipinski definition) is 2. The molecule has 0 aromatic heterocycles. The lowest BCUT2D eigenvalue weighted by Crippen LogP contribution is -2.64. The molecule has 6 rings (SSSR count). The Morgan fingerprint density at radius 1 is 1.06 bits per heavy atom. The Bertz CT molecular complexity index is 835. The summed E-state index contributed by atoms with van der Waals surface area (Å²) in [7, 11) is 0. The molecule has 5 nitrogen and oxygen atoms in total. The molecular formula is C27H41BrO5. The van der Waals surface area contributed by atoms with Crippen LogP contribution in [0.1, 0.15) is 72.6 Å². The van der Waals surface area contributed by atoms with Gasteiger partial charge in [-0.15, -0.1) is 0 Å². The van der Waals surface area contributed by atoms with E-state index in [4.69, 9.17) is 9.47 Å². The first-order chi connectivity index (χ1) is 15.5. The lowest BCUT2D eigenvalue weighted by Gasteiger charge is -2.61. The number of Topliss-reactive ketones (excluding diaryl/α,β-unsaturated/α-hetero) is 1. The summed E-state index contributed by atoms with van der Waals surface area (Å²) in [6.45, 7) is 9.61. The first kappa shape index (κ1) is 23.4. The van der Waals surface area contributed by atoms with Crippen molar-refractivity contribution in [2.45, 2.75) is 102 Å². The van der Waals surface area contributed by atoms with Gasteiger partial charge in [0, 0.05) is 23.2 Å². The van der Waals surface area contributed by atoms with Crippen LogP contribution in [0.4, 0.5) is 0 Å². The van der Waals surface area contributed by atoms with Gasteiger partial charge in [-0.05, 0) is 74.0 Å². The summed E-state index contributed by atoms with van der Waals surface area (Å²) < 4.78 is 13.3. The number of ketones is 1. The molecule has 6 aliphatic rings. The Hall–Kier alpha value is -0.0100. The average molecular weight is 526 g/mol. The van der Waals surface area contributed by atoms with Crippen molar-refractivity contribution in [3.8, 4) is 0 Å². The minimum Gasteiger partial charge on any atom is -0.393 e. The molecule has 33 heavy (non-hydrogen) atoms. The van der Waals surface area contributed by atoms with Gasteiger partial charge in [-0.25, -0.2) is 0 Å². The van der Waals surface area contributed by atoms with Crippen LogP contribution in [0.3, 0.4) is 0 Å². The van der Waals surface area contributed by atoms with E-state index in [1.165, 1.54) is 0 Å². The van der Waals surface area contributed by atoms with E-state index in [0.29, 0.717) is 30.3 Å². The number of hydrogen-bond acceptors (Lipinski definition) is 5. The van der Waals surface area contributed by atoms with Crippen molar-refractivity contribution in [2.24, 2.45) is 52.3 Å². The highest BCUT2D eigenvalue weighted by molar-refractivity contribution is 9.09. The summed E-state index contributed by atoms with van der Waals surface area (Å²) in [4.78, 5) is 14.2. The van der Waals surface area contributed by atoms with Gasteiger partial charge < -0.3 is 19.7 Å². The van der Waals surface area contributed by atoms with Gasteiger partial charge in [0.2, 0.25) is 0 Å². The van der Waals surface area contributed by atoms with E-state index in [9.17, 15) is 15.0 Å². The van der Waals surface area contributed by atoms with E-state index in [1.54, 1.807) is 0 Å². The highest BCUT2D eigenvalue weighted by Crippen LogP contribution is 2.70. The van der Waals surface area contributed by atoms with E-state index in [-0.39, 0.29) is 46.0 Å². The lowest BCUT2D eigenvalue weighted by molar-refractivity contribution is -0.268. The molecule has 0 unspecified atom stereocenters. The van der Waals surface area contributed by atoms with Crippen LogP contribution in [0, 0.1) is 52.3 Å². The molecule has 14 atom stereocenters. The van der Waals surface area contributed by atoms with Crippen molar-refractivity contribution >= 4 is 21.7 Å². The number of aliphatic hydroxyl groups excluding tert-OH is 2. The Labute approximate surface area is 206 Å². The van der Waals surface area contributed by atoms with Crippen LogP contribution in [0.5, 0.6) is 0 Å². The van der Waals surface area contributed by atoms with Crippen molar-refractivity contribution in [2.75, 3.05) is 6.61 Å². The molecule has 186 valence electrons. The molecule has 2 heterocycles. The molecule has 0 bridgehead atoms. The minimum atomic E-state index is -0.946. The molecule has 4 aliphatic carbocycles. The molecule has 6 fully saturated rings. The zero-order valence-corrected chi connectivity index (χ0v) is 22.1. The predicted octanol–water partition coefficient (Wildman–Crippen LogP) is 4.32. The van der Waals surface area contributed by atoms with Crippen LogP contribution in [-0.2, 0) is 14.3 Å². The molecule has 2 N–H and O–H groups in total. The van der Waals surface area contributed by atoms with Crippen LogP contribution in [0.15, 0.2) is 0 Å². The summed E-state index contributed by atoms with van der Waals surface area (Å²) in [5.74, 6) is 1.05. The third-order valence-corrected chi connectivity index (χ3v) is 12.7. The maximum atomic E-state index is 14.0. The van der Waals surface area contributed by atoms with Crippen LogP contribution < -0.4 is 0 Å². The molecule has 2 saturated heterocycles. The van der Waals surface area contributed by atoms with Gasteiger partial charge in [0.25, 0.3) is 0 Å². The number of carbonyl (C=O) groups is 1. The SMILES string of the molecule is C[C@@H]1CO[C@]2(O[C@@H]3C[C@@H]4[C@@H]5CC[C@H]6C[C@H](O)CC[C@]6(C)[C@@H]5C(=O)[C@H](O)[C@]4(C)[C@@H]3[C@H]2C)[C@H](Br)C1. The Balaban J connectivity index is 1.34. The van der Waals surface area contributed by atoms with Crippen LogP contribution in [-0.4, -0.2) is 51.5 Å². The number of rotatable bonds is 0. The fraction of sp³-hybridized carbons (Fsp3) is 0.963. The average Bonchev–Trinajstić information content (AvgIpc) is 3.22. The van der Waals surface area contributed by atoms with Crippen LogP contribution in [0.2, 0.25) is 0 Å². The van der Waals surface area contributed by atoms with E-state index in [2.05, 4.69) is 43.6 Å². The van der Waals surface area contributed by atoms with Crippen molar-refractivity contribution in [3.63, 3.8) is 0 Å². The fourth-order valence-electron chi connectivity index (χ4n) is 10.1. The summed E-state index contributed by atoms with van der Waals surface area (Å²) >= 11 is 3.90. The van der Waals surface area contributed by atoms with Crippen molar-refractivity contribution in [3.05, 3.63) is 0 Å². The zero-order chi connectivity index (χ0) is 23.5. The largest absolute Gasteiger partial charge is 0.393 e. The molecule has 1 spiro atoms. The number of halogens is 1. The van der Waals surface area contributed by atoms with Gasteiger partial charge in [0.1, 0.15) is 6.10 Å². The first-order valence-electron chi connectivity index (χ1n) is 13.4. The monoisotopic (exact) mass is 524 g/mol. The topological polar surface area (TPSA) is 76.0 Å². The maximum Gasteiger partial charge on any atom is 0.184 e. The molecule has 4 saturated carbocycles. The van der Waals surface area contributed by atoms with E-state index >= 15 is 0 Å². The number of fused-ring (bicyclic) bond motifs is 7. The number of aliphatic hydroxyl groups is 2. The smallest absolute Gasteiger partial charge is 0.184 e. The number of alkyl halides is 1. The molecule has 0 radical (unpaired) electrons. The molecule has 0 aromatic carbocycles. The third-order valence-electron chi connectivity index (χ3n) is 11.7. The quantitative estimate of drug-likeness (QED) is 0.461. The highest BCUT2D eigenvalue weighted by Gasteiger charge is 2.74. The van der Waals surface area contributed by atoms with Gasteiger partial charge in [0.05, 0.1) is 23.6 Å². The summed E-state index contributed by atoms with van der Waals surface area (Å²) in [5.41, 5.74) is -0.571. The molecule has 0 amide bonds. The van der Waals surface area contributed by atoms with Crippen LogP contribution in [0.25, 0.3) is 0 Å². The Morgan fingerprint density at radius 2 is 1.82 bits per heavy atom. The molecule has 0 aromatic rings. The van der Waals surface area contributed by atoms with Gasteiger partial charge in [0.15, 0.2) is 11.6 Å². The maximum absolute atomic E-state index is 14.0. The van der Waals surface area contributed by atoms with Gasteiger partial charge in [-0.2, -0.15) is 0 Å². The molecule has 6 heteroatoms. The second-order valence-corrected chi connectivity index (χ2v) is 14.3. The normalized spacial score (nSPS) is 62.5. The van der Waals surface area contributed by atoms with E-state index < -0.39 is 17.3 Å². The Morgan fingerprint density at radius 3 is 2.55 bits per heavy atom. The standard InChI is InChI=1S/C27H41BrO5/c1-13-9-20(28)27(32-12-13)14(2)21-19(33-27)11-18-17-6-5-15-10-16(29)7-8-25(15,3)22(17)23(30)24(31)26(18,21)4/h13-22,24,29,31H,5-12H2,1-4H3/t13-,14+,15-,16+,17-,18+,19+,20+,21+,22-,24-,25-,26-,27+/m0/s1. The van der Waals surface area contributed by atoms with Gasteiger partial charge >= 0.3 is 0 Å². The lowest BCUT2D eigenvalue weighted by atomic mass is 9.43. The third kappa shape index (κ3) is 2.88. The summed E-state index contributed by atoms with van der Waals surface area (Å²) in [6.07, 6.45) is 5.38. The first-order valence-corrected chi connectivity index (χ1v) is 14.3. The summed E-state index contributed by atoms with van der Waals surface area (Å²) in [5, 5.41) is 22.1. The second kappa shape index (κ2) is 7.50. The van der Waals surface area contributed by atoms with Gasteiger partial charge in [-0.1, -0.05) is 43.6 Å². The number of carbonyl (C=O) groups excluding carboxylic acids is 1.